The second-order valence-corrected chi connectivity index (χ2v) is 4.41. The van der Waals surface area contributed by atoms with Crippen LogP contribution in [0.25, 0.3) is 0 Å². The number of methoxy groups -OCH3 is 1. The molecule has 0 atom stereocenters. The van der Waals surface area contributed by atoms with Crippen LogP contribution >= 0.6 is 11.6 Å². The maximum Gasteiger partial charge on any atom is 0.131 e. The lowest BCUT2D eigenvalue weighted by molar-refractivity contribution is 0.297. The molecule has 0 aliphatic rings. The van der Waals surface area contributed by atoms with Gasteiger partial charge < -0.3 is 9.47 Å². The van der Waals surface area contributed by atoms with Gasteiger partial charge in [0.25, 0.3) is 0 Å². The molecule has 0 saturated heterocycles. The zero-order valence-electron chi connectivity index (χ0n) is 10.7. The van der Waals surface area contributed by atoms with Crippen molar-refractivity contribution in [1.82, 2.24) is 0 Å². The van der Waals surface area contributed by atoms with E-state index in [-0.39, 0.29) is 12.2 Å². The molecule has 0 N–H and O–H groups in total. The Kier molecular flexibility index (Phi) is 4.44. The summed E-state index contributed by atoms with van der Waals surface area (Å²) in [6.07, 6.45) is 0. The van der Waals surface area contributed by atoms with Crippen molar-refractivity contribution in [2.45, 2.75) is 6.61 Å². The number of ether oxygens (including phenoxy) is 2. The zero-order chi connectivity index (χ0) is 14.5. The fourth-order valence-corrected chi connectivity index (χ4v) is 1.88. The minimum absolute atomic E-state index is 0.0243. The number of hydrogen-bond acceptors (Lipinski definition) is 3. The Morgan fingerprint density at radius 2 is 2.00 bits per heavy atom. The highest BCUT2D eigenvalue weighted by Crippen LogP contribution is 2.25. The maximum atomic E-state index is 13.6. The van der Waals surface area contributed by atoms with Gasteiger partial charge in [-0.1, -0.05) is 17.7 Å². The van der Waals surface area contributed by atoms with Crippen LogP contribution in [0.5, 0.6) is 11.5 Å². The monoisotopic (exact) mass is 291 g/mol. The summed E-state index contributed by atoms with van der Waals surface area (Å²) in [7, 11) is 1.49. The maximum absolute atomic E-state index is 13.6. The third-order valence-electron chi connectivity index (χ3n) is 2.69. The highest BCUT2D eigenvalue weighted by Gasteiger charge is 2.09. The Labute approximate surface area is 121 Å². The molecule has 2 rings (SSSR count). The van der Waals surface area contributed by atoms with Crippen LogP contribution in [-0.2, 0) is 6.61 Å². The largest absolute Gasteiger partial charge is 0.497 e. The standard InChI is InChI=1S/C15H11ClFNO2/c1-19-11-5-10(8-18)6-12(7-11)20-9-13-14(16)3-2-4-15(13)17/h2-7H,9H2,1H3. The summed E-state index contributed by atoms with van der Waals surface area (Å²) in [4.78, 5) is 0. The van der Waals surface area contributed by atoms with Gasteiger partial charge in [0.1, 0.15) is 23.9 Å². The van der Waals surface area contributed by atoms with Gasteiger partial charge in [0.05, 0.1) is 23.8 Å². The molecule has 0 aromatic heterocycles. The molecule has 0 aliphatic carbocycles. The minimum atomic E-state index is -0.430. The van der Waals surface area contributed by atoms with Crippen molar-refractivity contribution in [3.05, 3.63) is 58.4 Å². The van der Waals surface area contributed by atoms with E-state index in [0.717, 1.165) is 0 Å². The van der Waals surface area contributed by atoms with Crippen LogP contribution in [0.4, 0.5) is 4.39 Å². The van der Waals surface area contributed by atoms with Crippen LogP contribution in [0.3, 0.4) is 0 Å². The quantitative estimate of drug-likeness (QED) is 0.857. The second-order valence-electron chi connectivity index (χ2n) is 4.00. The van der Waals surface area contributed by atoms with E-state index < -0.39 is 5.82 Å². The van der Waals surface area contributed by atoms with Crippen LogP contribution in [0, 0.1) is 17.1 Å². The highest BCUT2D eigenvalue weighted by molar-refractivity contribution is 6.31. The van der Waals surface area contributed by atoms with Crippen LogP contribution < -0.4 is 9.47 Å². The van der Waals surface area contributed by atoms with Crippen molar-refractivity contribution in [2.75, 3.05) is 7.11 Å². The smallest absolute Gasteiger partial charge is 0.131 e. The molecule has 0 unspecified atom stereocenters. The topological polar surface area (TPSA) is 42.2 Å². The molecule has 2 aromatic rings. The van der Waals surface area contributed by atoms with Gasteiger partial charge in [0.15, 0.2) is 0 Å². The summed E-state index contributed by atoms with van der Waals surface area (Å²) in [6.45, 7) is -0.0243. The molecule has 2 aromatic carbocycles. The molecule has 0 fully saturated rings. The fraction of sp³-hybridized carbons (Fsp3) is 0.133. The molecule has 3 nitrogen and oxygen atoms in total. The third kappa shape index (κ3) is 3.19. The van der Waals surface area contributed by atoms with Crippen molar-refractivity contribution in [1.29, 1.82) is 5.26 Å². The molecule has 0 aliphatic heterocycles. The Balaban J connectivity index is 2.21. The molecule has 102 valence electrons. The lowest BCUT2D eigenvalue weighted by Gasteiger charge is -2.10. The molecule has 0 spiro atoms. The minimum Gasteiger partial charge on any atom is -0.497 e. The predicted molar refractivity (Wildman–Crippen MR) is 73.5 cm³/mol. The zero-order valence-corrected chi connectivity index (χ0v) is 11.4. The summed E-state index contributed by atoms with van der Waals surface area (Å²) >= 11 is 5.92. The van der Waals surface area contributed by atoms with Gasteiger partial charge in [0.2, 0.25) is 0 Å². The van der Waals surface area contributed by atoms with E-state index in [1.807, 2.05) is 6.07 Å². The van der Waals surface area contributed by atoms with E-state index in [2.05, 4.69) is 0 Å². The first kappa shape index (κ1) is 14.2. The molecule has 5 heteroatoms. The van der Waals surface area contributed by atoms with Gasteiger partial charge in [-0.2, -0.15) is 5.26 Å². The van der Waals surface area contributed by atoms with Crippen LogP contribution in [-0.4, -0.2) is 7.11 Å². The van der Waals surface area contributed by atoms with Gasteiger partial charge >= 0.3 is 0 Å². The van der Waals surface area contributed by atoms with Crippen LogP contribution in [0.1, 0.15) is 11.1 Å². The molecule has 0 heterocycles. The molecule has 20 heavy (non-hydrogen) atoms. The van der Waals surface area contributed by atoms with Gasteiger partial charge in [-0.05, 0) is 24.3 Å². The first-order valence-electron chi connectivity index (χ1n) is 5.79. The summed E-state index contributed by atoms with van der Waals surface area (Å²) in [6, 6.07) is 11.2. The van der Waals surface area contributed by atoms with Gasteiger partial charge in [-0.15, -0.1) is 0 Å². The normalized spacial score (nSPS) is 9.90. The Bertz CT molecular complexity index is 647. The van der Waals surface area contributed by atoms with Crippen LogP contribution in [0.2, 0.25) is 5.02 Å². The van der Waals surface area contributed by atoms with Gasteiger partial charge in [-0.25, -0.2) is 4.39 Å². The summed E-state index contributed by atoms with van der Waals surface area (Å²) in [5, 5.41) is 9.21. The Morgan fingerprint density at radius 3 is 2.65 bits per heavy atom. The van der Waals surface area contributed by atoms with E-state index in [1.165, 1.54) is 19.2 Å². The predicted octanol–water partition coefficient (Wildman–Crippen LogP) is 3.94. The SMILES string of the molecule is COc1cc(C#N)cc(OCc2c(F)cccc2Cl)c1. The van der Waals surface area contributed by atoms with Crippen LogP contribution in [0.15, 0.2) is 36.4 Å². The number of nitrogens with zero attached hydrogens (tertiary/aromatic N) is 1. The average Bonchev–Trinajstić information content (AvgIpc) is 2.46. The molecular weight excluding hydrogens is 281 g/mol. The molecule has 0 amide bonds. The average molecular weight is 292 g/mol. The van der Waals surface area contributed by atoms with E-state index in [4.69, 9.17) is 26.3 Å². The van der Waals surface area contributed by atoms with E-state index in [0.29, 0.717) is 22.1 Å². The first-order valence-corrected chi connectivity index (χ1v) is 6.16. The number of hydrogen-bond donors (Lipinski definition) is 0. The van der Waals surface area contributed by atoms with E-state index in [1.54, 1.807) is 24.3 Å². The number of rotatable bonds is 4. The molecule has 0 bridgehead atoms. The Hall–Kier alpha value is -2.25. The number of nitriles is 1. The first-order chi connectivity index (χ1) is 9.63. The van der Waals surface area contributed by atoms with E-state index >= 15 is 0 Å². The molecular formula is C15H11ClFNO2. The van der Waals surface area contributed by atoms with Crippen molar-refractivity contribution >= 4 is 11.6 Å². The summed E-state index contributed by atoms with van der Waals surface area (Å²) in [5.41, 5.74) is 0.675. The lowest BCUT2D eigenvalue weighted by atomic mass is 10.2. The van der Waals surface area contributed by atoms with Crippen molar-refractivity contribution < 1.29 is 13.9 Å². The summed E-state index contributed by atoms with van der Waals surface area (Å²) < 4.78 is 24.2. The second kappa shape index (κ2) is 6.27. The van der Waals surface area contributed by atoms with Gasteiger partial charge in [0, 0.05) is 11.6 Å². The number of benzene rings is 2. The lowest BCUT2D eigenvalue weighted by Crippen LogP contribution is -2.00. The summed E-state index contributed by atoms with van der Waals surface area (Å²) in [5.74, 6) is 0.486. The number of halogens is 2. The van der Waals surface area contributed by atoms with E-state index in [9.17, 15) is 4.39 Å². The molecule has 0 saturated carbocycles. The van der Waals surface area contributed by atoms with Crippen molar-refractivity contribution in [2.24, 2.45) is 0 Å². The van der Waals surface area contributed by atoms with Crippen molar-refractivity contribution in [3.63, 3.8) is 0 Å². The molecule has 0 radical (unpaired) electrons. The van der Waals surface area contributed by atoms with Gasteiger partial charge in [-0.3, -0.25) is 0 Å². The Morgan fingerprint density at radius 1 is 1.25 bits per heavy atom. The van der Waals surface area contributed by atoms with Crippen molar-refractivity contribution in [3.8, 4) is 17.6 Å². The fourth-order valence-electron chi connectivity index (χ4n) is 1.66. The third-order valence-corrected chi connectivity index (χ3v) is 3.04. The highest BCUT2D eigenvalue weighted by atomic mass is 35.5.